The van der Waals surface area contributed by atoms with Crippen molar-refractivity contribution in [2.75, 3.05) is 24.6 Å². The summed E-state index contributed by atoms with van der Waals surface area (Å²) in [6.45, 7) is 3.00. The van der Waals surface area contributed by atoms with Crippen molar-refractivity contribution >= 4 is 17.9 Å². The fraction of sp³-hybridized carbons (Fsp3) is 0.500. The molecule has 10 nitrogen and oxygen atoms in total. The molecule has 2 aromatic heterocycles. The number of alkyl halides is 6. The van der Waals surface area contributed by atoms with Gasteiger partial charge in [0.2, 0.25) is 5.95 Å². The van der Waals surface area contributed by atoms with Crippen LogP contribution in [-0.2, 0) is 25.7 Å². The van der Waals surface area contributed by atoms with Crippen molar-refractivity contribution in [1.29, 1.82) is 0 Å². The molecule has 2 saturated heterocycles. The Bertz CT molecular complexity index is 1000. The van der Waals surface area contributed by atoms with Gasteiger partial charge in [-0.1, -0.05) is 6.07 Å². The summed E-state index contributed by atoms with van der Waals surface area (Å²) in [5, 5.41) is 14.2. The van der Waals surface area contributed by atoms with E-state index >= 15 is 0 Å². The van der Waals surface area contributed by atoms with Gasteiger partial charge in [-0.2, -0.15) is 26.3 Å². The highest BCUT2D eigenvalue weighted by Gasteiger charge is 2.44. The van der Waals surface area contributed by atoms with E-state index in [-0.39, 0.29) is 11.7 Å². The first-order valence-electron chi connectivity index (χ1n) is 11.0. The molecule has 2 aliphatic rings. The largest absolute Gasteiger partial charge is 0.490 e. The zero-order valence-electron chi connectivity index (χ0n) is 19.7. The average molecular weight is 554 g/mol. The minimum absolute atomic E-state index is 0.128. The predicted octanol–water partition coefficient (Wildman–Crippen LogP) is 3.48. The molecule has 38 heavy (non-hydrogen) atoms. The Morgan fingerprint density at radius 2 is 1.58 bits per heavy atom. The van der Waals surface area contributed by atoms with Gasteiger partial charge in [0, 0.05) is 38.1 Å². The van der Waals surface area contributed by atoms with Crippen LogP contribution >= 0.6 is 0 Å². The van der Waals surface area contributed by atoms with Crippen molar-refractivity contribution in [3.8, 4) is 0 Å². The summed E-state index contributed by atoms with van der Waals surface area (Å²) in [6, 6.07) is 7.73. The number of carboxylic acids is 2. The lowest BCUT2D eigenvalue weighted by Gasteiger charge is -2.39. The van der Waals surface area contributed by atoms with Crippen molar-refractivity contribution in [2.45, 2.75) is 49.9 Å². The van der Waals surface area contributed by atoms with E-state index in [0.717, 1.165) is 44.0 Å². The van der Waals surface area contributed by atoms with Crippen LogP contribution in [0.2, 0.25) is 0 Å². The lowest BCUT2D eigenvalue weighted by atomic mass is 9.89. The molecule has 4 rings (SSSR count). The van der Waals surface area contributed by atoms with Crippen LogP contribution in [0, 0.1) is 0 Å². The zero-order valence-corrected chi connectivity index (χ0v) is 19.7. The topological polar surface area (TPSA) is 135 Å². The van der Waals surface area contributed by atoms with Crippen LogP contribution < -0.4 is 4.90 Å². The molecule has 0 bridgehead atoms. The van der Waals surface area contributed by atoms with E-state index in [2.05, 4.69) is 19.9 Å². The second-order valence-corrected chi connectivity index (χ2v) is 8.13. The Kier molecular flexibility index (Phi) is 10.8. The number of aliphatic carboxylic acids is 2. The van der Waals surface area contributed by atoms with Gasteiger partial charge < -0.3 is 24.6 Å². The maximum atomic E-state index is 10.6. The lowest BCUT2D eigenvalue weighted by molar-refractivity contribution is -0.193. The number of piperidine rings is 1. The number of hydrogen-bond acceptors (Lipinski definition) is 8. The molecular formula is C22H24F6N4O6. The number of anilines is 1. The van der Waals surface area contributed by atoms with Crippen molar-refractivity contribution < 1.29 is 55.6 Å². The lowest BCUT2D eigenvalue weighted by Crippen LogP contribution is -2.48. The molecule has 2 fully saturated rings. The van der Waals surface area contributed by atoms with Crippen molar-refractivity contribution in [3.05, 3.63) is 48.5 Å². The van der Waals surface area contributed by atoms with Gasteiger partial charge in [-0.15, -0.1) is 0 Å². The first kappa shape index (κ1) is 30.7. The number of aromatic nitrogens is 3. The maximum absolute atomic E-state index is 10.6. The van der Waals surface area contributed by atoms with Gasteiger partial charge in [0.1, 0.15) is 0 Å². The van der Waals surface area contributed by atoms with E-state index in [1.165, 1.54) is 0 Å². The zero-order chi connectivity index (χ0) is 28.4. The molecule has 0 saturated carbocycles. The number of ether oxygens (including phenoxy) is 2. The molecule has 2 N–H and O–H groups in total. The number of carbonyl (C=O) groups is 2. The van der Waals surface area contributed by atoms with Gasteiger partial charge in [-0.05, 0) is 31.0 Å². The van der Waals surface area contributed by atoms with E-state index in [1.54, 1.807) is 18.6 Å². The van der Waals surface area contributed by atoms with Gasteiger partial charge in [-0.25, -0.2) is 19.6 Å². The highest BCUT2D eigenvalue weighted by atomic mass is 19.4. The quantitative estimate of drug-likeness (QED) is 0.541. The third-order valence-electron chi connectivity index (χ3n) is 5.23. The second-order valence-electron chi connectivity index (χ2n) is 8.13. The van der Waals surface area contributed by atoms with Crippen LogP contribution in [-0.4, -0.2) is 80.9 Å². The molecule has 4 heterocycles. The van der Waals surface area contributed by atoms with Crippen molar-refractivity contribution in [1.82, 2.24) is 15.0 Å². The predicted molar refractivity (Wildman–Crippen MR) is 117 cm³/mol. The summed E-state index contributed by atoms with van der Waals surface area (Å²) in [6.07, 6.45) is -1.59. The Balaban J connectivity index is 0.000000301. The Morgan fingerprint density at radius 1 is 1.00 bits per heavy atom. The summed E-state index contributed by atoms with van der Waals surface area (Å²) >= 11 is 0. The van der Waals surface area contributed by atoms with Crippen molar-refractivity contribution in [3.63, 3.8) is 0 Å². The number of rotatable bonds is 4. The normalized spacial score (nSPS) is 21.1. The number of nitrogens with zero attached hydrogens (tertiary/aromatic N) is 4. The smallest absolute Gasteiger partial charge is 0.475 e. The summed E-state index contributed by atoms with van der Waals surface area (Å²) in [5.74, 6) is -4.72. The highest BCUT2D eigenvalue weighted by molar-refractivity contribution is 5.73. The summed E-state index contributed by atoms with van der Waals surface area (Å²) in [5.41, 5.74) is 0.827. The van der Waals surface area contributed by atoms with Crippen LogP contribution in [0.25, 0.3) is 0 Å². The molecule has 2 aromatic rings. The Labute approximate surface area is 212 Å². The number of hydrogen-bond donors (Lipinski definition) is 2. The van der Waals surface area contributed by atoms with Crippen LogP contribution in [0.5, 0.6) is 0 Å². The fourth-order valence-electron chi connectivity index (χ4n) is 3.60. The van der Waals surface area contributed by atoms with Crippen LogP contribution in [0.1, 0.15) is 25.0 Å². The molecule has 0 radical (unpaired) electrons. The van der Waals surface area contributed by atoms with Gasteiger partial charge in [0.25, 0.3) is 0 Å². The minimum Gasteiger partial charge on any atom is -0.475 e. The number of pyridine rings is 1. The molecule has 1 spiro atoms. The van der Waals surface area contributed by atoms with Crippen LogP contribution in [0.15, 0.2) is 42.9 Å². The van der Waals surface area contributed by atoms with E-state index in [4.69, 9.17) is 29.3 Å². The second kappa shape index (κ2) is 13.3. The molecule has 0 amide bonds. The van der Waals surface area contributed by atoms with Gasteiger partial charge in [0.05, 0.1) is 30.6 Å². The molecule has 2 aliphatic heterocycles. The number of halogens is 6. The third-order valence-corrected chi connectivity index (χ3v) is 5.23. The average Bonchev–Trinajstić information content (AvgIpc) is 3.25. The standard InChI is InChI=1S/C18H22N4O2.2C2HF3O2/c1-2-7-19-15(5-1)12-23-16-11-18(24-13-16)6-3-10-22(14-18)17-20-8-4-9-21-17;2*3-2(4,5)1(6)7/h1-2,4-5,7-9,16H,3,6,10-14H2;2*(H,6,7)/t16-,18+;;/m1../s1. The molecule has 0 aliphatic carbocycles. The van der Waals surface area contributed by atoms with Gasteiger partial charge in [-0.3, -0.25) is 4.98 Å². The molecule has 210 valence electrons. The van der Waals surface area contributed by atoms with E-state index < -0.39 is 24.3 Å². The SMILES string of the molecule is O=C(O)C(F)(F)F.O=C(O)C(F)(F)F.c1ccc(CO[C@H]2CO[C@@]3(CCCN(c4ncccn4)C3)C2)nc1. The van der Waals surface area contributed by atoms with Crippen LogP contribution in [0.3, 0.4) is 0 Å². The maximum Gasteiger partial charge on any atom is 0.490 e. The first-order chi connectivity index (χ1) is 17.7. The molecular weight excluding hydrogens is 530 g/mol. The minimum atomic E-state index is -5.08. The molecule has 2 atom stereocenters. The summed E-state index contributed by atoms with van der Waals surface area (Å²) in [7, 11) is 0. The van der Waals surface area contributed by atoms with Gasteiger partial charge in [0.15, 0.2) is 0 Å². The van der Waals surface area contributed by atoms with Crippen molar-refractivity contribution in [2.24, 2.45) is 0 Å². The van der Waals surface area contributed by atoms with E-state index in [1.807, 2.05) is 24.3 Å². The molecule has 0 unspecified atom stereocenters. The first-order valence-corrected chi connectivity index (χ1v) is 11.0. The van der Waals surface area contributed by atoms with E-state index in [0.29, 0.717) is 13.2 Å². The molecule has 0 aromatic carbocycles. The fourth-order valence-corrected chi connectivity index (χ4v) is 3.60. The summed E-state index contributed by atoms with van der Waals surface area (Å²) in [4.78, 5) is 33.1. The highest BCUT2D eigenvalue weighted by Crippen LogP contribution is 2.36. The van der Waals surface area contributed by atoms with Crippen LogP contribution in [0.4, 0.5) is 32.3 Å². The van der Waals surface area contributed by atoms with E-state index in [9.17, 15) is 26.3 Å². The monoisotopic (exact) mass is 554 g/mol. The molecule has 16 heteroatoms. The Hall–Kier alpha value is -3.53. The Morgan fingerprint density at radius 3 is 2.11 bits per heavy atom. The third kappa shape index (κ3) is 10.1. The summed E-state index contributed by atoms with van der Waals surface area (Å²) < 4.78 is 75.7. The van der Waals surface area contributed by atoms with Gasteiger partial charge >= 0.3 is 24.3 Å². The number of carboxylic acid groups (broad SMARTS) is 2.